The number of nitrogens with zero attached hydrogens (tertiary/aromatic N) is 1. The van der Waals surface area contributed by atoms with Crippen molar-refractivity contribution in [1.29, 1.82) is 0 Å². The summed E-state index contributed by atoms with van der Waals surface area (Å²) in [5, 5.41) is 3.06. The number of amides is 1. The number of pyridine rings is 1. The number of aromatic nitrogens is 1. The third-order valence-corrected chi connectivity index (χ3v) is 3.39. The van der Waals surface area contributed by atoms with Crippen molar-refractivity contribution < 1.29 is 9.59 Å². The zero-order chi connectivity index (χ0) is 15.4. The van der Waals surface area contributed by atoms with E-state index in [1.165, 1.54) is 6.20 Å². The van der Waals surface area contributed by atoms with Gasteiger partial charge in [-0.2, -0.15) is 0 Å². The maximum atomic E-state index is 12.0. The van der Waals surface area contributed by atoms with Crippen LogP contribution in [0.3, 0.4) is 0 Å². The van der Waals surface area contributed by atoms with Crippen molar-refractivity contribution in [3.63, 3.8) is 0 Å². The van der Waals surface area contributed by atoms with E-state index in [0.29, 0.717) is 15.1 Å². The zero-order valence-corrected chi connectivity index (χ0v) is 13.1. The van der Waals surface area contributed by atoms with E-state index in [0.717, 1.165) is 0 Å². The molecule has 0 saturated carbocycles. The zero-order valence-electron chi connectivity index (χ0n) is 10.8. The summed E-state index contributed by atoms with van der Waals surface area (Å²) in [5.41, 5.74) is 6.32. The van der Waals surface area contributed by atoms with Crippen LogP contribution in [0.2, 0.25) is 5.02 Å². The summed E-state index contributed by atoms with van der Waals surface area (Å²) in [7, 11) is 0. The van der Waals surface area contributed by atoms with E-state index in [9.17, 15) is 9.59 Å². The van der Waals surface area contributed by atoms with Crippen molar-refractivity contribution in [2.45, 2.75) is 0 Å². The summed E-state index contributed by atoms with van der Waals surface area (Å²) in [6, 6.07) is 7.99. The lowest BCUT2D eigenvalue weighted by Gasteiger charge is -2.07. The molecule has 0 aliphatic heterocycles. The average Bonchev–Trinajstić information content (AvgIpc) is 2.47. The molecular formula is C14H11BrClN3O2. The molecular weight excluding hydrogens is 358 g/mol. The highest BCUT2D eigenvalue weighted by Crippen LogP contribution is 2.15. The molecule has 2 rings (SSSR count). The number of anilines is 1. The van der Waals surface area contributed by atoms with Gasteiger partial charge in [-0.1, -0.05) is 11.6 Å². The molecule has 1 heterocycles. The fourth-order valence-electron chi connectivity index (χ4n) is 1.63. The Morgan fingerprint density at radius 2 is 1.95 bits per heavy atom. The first kappa shape index (κ1) is 15.5. The van der Waals surface area contributed by atoms with Gasteiger partial charge in [-0.05, 0) is 46.3 Å². The molecule has 0 unspecified atom stereocenters. The number of nitrogens with one attached hydrogen (secondary N) is 1. The topological polar surface area (TPSA) is 85.1 Å². The van der Waals surface area contributed by atoms with Crippen molar-refractivity contribution in [3.05, 3.63) is 57.2 Å². The van der Waals surface area contributed by atoms with Gasteiger partial charge < -0.3 is 11.1 Å². The molecule has 21 heavy (non-hydrogen) atoms. The van der Waals surface area contributed by atoms with Gasteiger partial charge in [-0.25, -0.2) is 4.98 Å². The molecule has 2 aromatic rings. The van der Waals surface area contributed by atoms with Crippen molar-refractivity contribution in [2.24, 2.45) is 0 Å². The molecule has 0 aliphatic carbocycles. The van der Waals surface area contributed by atoms with Gasteiger partial charge in [0.1, 0.15) is 5.82 Å². The van der Waals surface area contributed by atoms with E-state index in [1.54, 1.807) is 30.3 Å². The summed E-state index contributed by atoms with van der Waals surface area (Å²) in [6.07, 6.45) is 1.49. The number of rotatable bonds is 4. The minimum Gasteiger partial charge on any atom is -0.383 e. The minimum atomic E-state index is -0.455. The predicted octanol–water partition coefficient (Wildman–Crippen LogP) is 2.69. The molecule has 7 heteroatoms. The fourth-order valence-corrected chi connectivity index (χ4v) is 2.08. The van der Waals surface area contributed by atoms with Gasteiger partial charge in [0.2, 0.25) is 0 Å². The van der Waals surface area contributed by atoms with E-state index in [-0.39, 0.29) is 23.7 Å². The number of Topliss-reactive ketones (excluding diaryl/α,β-unsaturated/α-hetero) is 1. The number of halogens is 2. The van der Waals surface area contributed by atoms with Crippen LogP contribution in [0.15, 0.2) is 41.0 Å². The van der Waals surface area contributed by atoms with Crippen LogP contribution in [-0.4, -0.2) is 23.2 Å². The largest absolute Gasteiger partial charge is 0.383 e. The highest BCUT2D eigenvalue weighted by atomic mass is 79.9. The SMILES string of the molecule is Nc1ncc(Br)cc1C(=O)NCC(=O)c1ccc(Cl)cc1. The molecule has 0 aliphatic rings. The molecule has 0 fully saturated rings. The lowest BCUT2D eigenvalue weighted by atomic mass is 10.1. The van der Waals surface area contributed by atoms with Crippen LogP contribution in [0.1, 0.15) is 20.7 Å². The Balaban J connectivity index is 2.02. The molecule has 1 aromatic carbocycles. The first-order chi connectivity index (χ1) is 9.97. The molecule has 0 atom stereocenters. The highest BCUT2D eigenvalue weighted by Gasteiger charge is 2.13. The Kier molecular flexibility index (Phi) is 4.93. The number of hydrogen-bond acceptors (Lipinski definition) is 4. The lowest BCUT2D eigenvalue weighted by molar-refractivity contribution is 0.0904. The Morgan fingerprint density at radius 3 is 2.62 bits per heavy atom. The molecule has 0 bridgehead atoms. The first-order valence-electron chi connectivity index (χ1n) is 5.95. The second kappa shape index (κ2) is 6.69. The quantitative estimate of drug-likeness (QED) is 0.813. The van der Waals surface area contributed by atoms with Crippen LogP contribution in [0.5, 0.6) is 0 Å². The van der Waals surface area contributed by atoms with Crippen molar-refractivity contribution in [3.8, 4) is 0 Å². The van der Waals surface area contributed by atoms with Crippen LogP contribution in [0.25, 0.3) is 0 Å². The summed E-state index contributed by atoms with van der Waals surface area (Å²) in [4.78, 5) is 27.8. The van der Waals surface area contributed by atoms with E-state index in [4.69, 9.17) is 17.3 Å². The Bertz CT molecular complexity index is 689. The lowest BCUT2D eigenvalue weighted by Crippen LogP contribution is -2.30. The molecule has 1 amide bonds. The van der Waals surface area contributed by atoms with Gasteiger partial charge in [-0.15, -0.1) is 0 Å². The Hall–Kier alpha value is -1.92. The Labute approximate surface area is 134 Å². The van der Waals surface area contributed by atoms with Crippen LogP contribution < -0.4 is 11.1 Å². The molecule has 0 saturated heterocycles. The van der Waals surface area contributed by atoms with Crippen LogP contribution in [0, 0.1) is 0 Å². The van der Waals surface area contributed by atoms with E-state index < -0.39 is 5.91 Å². The molecule has 0 radical (unpaired) electrons. The van der Waals surface area contributed by atoms with Gasteiger partial charge in [0.05, 0.1) is 12.1 Å². The van der Waals surface area contributed by atoms with Crippen molar-refractivity contribution in [2.75, 3.05) is 12.3 Å². The molecule has 3 N–H and O–H groups in total. The second-order valence-electron chi connectivity index (χ2n) is 4.20. The number of benzene rings is 1. The smallest absolute Gasteiger partial charge is 0.255 e. The first-order valence-corrected chi connectivity index (χ1v) is 7.12. The molecule has 5 nitrogen and oxygen atoms in total. The molecule has 0 spiro atoms. The number of nitrogen functional groups attached to an aromatic ring is 1. The monoisotopic (exact) mass is 367 g/mol. The summed E-state index contributed by atoms with van der Waals surface area (Å²) < 4.78 is 0.630. The van der Waals surface area contributed by atoms with Gasteiger partial charge in [0.25, 0.3) is 5.91 Å². The average molecular weight is 369 g/mol. The summed E-state index contributed by atoms with van der Waals surface area (Å²) in [5.74, 6) is -0.570. The van der Waals surface area contributed by atoms with Crippen LogP contribution in [-0.2, 0) is 0 Å². The van der Waals surface area contributed by atoms with Crippen LogP contribution >= 0.6 is 27.5 Å². The standard InChI is InChI=1S/C14H11BrClN3O2/c15-9-5-11(13(17)18-6-9)14(21)19-7-12(20)8-1-3-10(16)4-2-8/h1-6H,7H2,(H2,17,18)(H,19,21). The Morgan fingerprint density at radius 1 is 1.29 bits per heavy atom. The minimum absolute atomic E-state index is 0.106. The summed E-state index contributed by atoms with van der Waals surface area (Å²) in [6.45, 7) is -0.133. The number of carbonyl (C=O) groups excluding carboxylic acids is 2. The highest BCUT2D eigenvalue weighted by molar-refractivity contribution is 9.10. The number of hydrogen-bond donors (Lipinski definition) is 2. The van der Waals surface area contributed by atoms with Crippen molar-refractivity contribution >= 4 is 45.0 Å². The number of carbonyl (C=O) groups is 2. The van der Waals surface area contributed by atoms with Gasteiger partial charge in [-0.3, -0.25) is 9.59 Å². The normalized spacial score (nSPS) is 10.2. The predicted molar refractivity (Wildman–Crippen MR) is 84.5 cm³/mol. The summed E-state index contributed by atoms with van der Waals surface area (Å²) >= 11 is 8.96. The third-order valence-electron chi connectivity index (χ3n) is 2.71. The van der Waals surface area contributed by atoms with Gasteiger partial charge in [0, 0.05) is 21.3 Å². The van der Waals surface area contributed by atoms with Gasteiger partial charge >= 0.3 is 0 Å². The van der Waals surface area contributed by atoms with Crippen molar-refractivity contribution in [1.82, 2.24) is 10.3 Å². The van der Waals surface area contributed by atoms with Crippen LogP contribution in [0.4, 0.5) is 5.82 Å². The fraction of sp³-hybridized carbons (Fsp3) is 0.0714. The number of ketones is 1. The second-order valence-corrected chi connectivity index (χ2v) is 5.55. The third kappa shape index (κ3) is 4.03. The maximum Gasteiger partial charge on any atom is 0.255 e. The molecule has 108 valence electrons. The number of nitrogens with two attached hydrogens (primary N) is 1. The van der Waals surface area contributed by atoms with E-state index in [1.807, 2.05) is 0 Å². The van der Waals surface area contributed by atoms with Gasteiger partial charge in [0.15, 0.2) is 5.78 Å². The van der Waals surface area contributed by atoms with E-state index >= 15 is 0 Å². The molecule has 1 aromatic heterocycles. The maximum absolute atomic E-state index is 12.0. The van der Waals surface area contributed by atoms with E-state index in [2.05, 4.69) is 26.2 Å².